The number of carbonyl (C=O) groups excluding carboxylic acids is 1. The molecule has 0 unspecified atom stereocenters. The molecule has 112 valence electrons. The van der Waals surface area contributed by atoms with Gasteiger partial charge in [0.2, 0.25) is 0 Å². The minimum Gasteiger partial charge on any atom is -0.457 e. The van der Waals surface area contributed by atoms with Gasteiger partial charge in [-0.05, 0) is 32.3 Å². The van der Waals surface area contributed by atoms with Crippen LogP contribution in [-0.2, 0) is 9.53 Å². The molecule has 1 atom stereocenters. The highest BCUT2D eigenvalue weighted by molar-refractivity contribution is 5.82. The van der Waals surface area contributed by atoms with Crippen LogP contribution in [0.3, 0.4) is 0 Å². The standard InChI is InChI=1S/C19H24O2/c1-16(14-15-17-11-6-5-7-12-17)10-8-9-13-18(20)21-19(2,3)4/h5-16H,1-4H3/b10-8+,13-9+,15-14+/t16-/m0/s1. The smallest absolute Gasteiger partial charge is 0.331 e. The Kier molecular flexibility index (Phi) is 6.67. The Labute approximate surface area is 127 Å². The van der Waals surface area contributed by atoms with Crippen molar-refractivity contribution in [2.24, 2.45) is 5.92 Å². The second-order valence-electron chi connectivity index (χ2n) is 5.91. The van der Waals surface area contributed by atoms with Crippen LogP contribution >= 0.6 is 0 Å². The summed E-state index contributed by atoms with van der Waals surface area (Å²) in [6, 6.07) is 10.2. The lowest BCUT2D eigenvalue weighted by atomic mass is 10.1. The molecule has 0 fully saturated rings. The van der Waals surface area contributed by atoms with Crippen molar-refractivity contribution in [3.8, 4) is 0 Å². The van der Waals surface area contributed by atoms with Crippen molar-refractivity contribution in [3.63, 3.8) is 0 Å². The van der Waals surface area contributed by atoms with E-state index in [0.717, 1.165) is 0 Å². The molecular formula is C19H24O2. The number of esters is 1. The van der Waals surface area contributed by atoms with Crippen molar-refractivity contribution in [3.05, 3.63) is 66.3 Å². The normalized spacial score (nSPS) is 14.1. The summed E-state index contributed by atoms with van der Waals surface area (Å²) in [5.74, 6) is -0.0203. The third kappa shape index (κ3) is 8.64. The first-order valence-electron chi connectivity index (χ1n) is 7.18. The van der Waals surface area contributed by atoms with E-state index >= 15 is 0 Å². The largest absolute Gasteiger partial charge is 0.457 e. The molecule has 0 radical (unpaired) electrons. The molecule has 0 aliphatic carbocycles. The van der Waals surface area contributed by atoms with Gasteiger partial charge in [0.1, 0.15) is 5.60 Å². The van der Waals surface area contributed by atoms with Gasteiger partial charge in [-0.2, -0.15) is 0 Å². The lowest BCUT2D eigenvalue weighted by molar-refractivity contribution is -0.148. The highest BCUT2D eigenvalue weighted by atomic mass is 16.6. The molecule has 1 rings (SSSR count). The summed E-state index contributed by atoms with van der Waals surface area (Å²) in [5.41, 5.74) is 0.735. The summed E-state index contributed by atoms with van der Waals surface area (Å²) >= 11 is 0. The molecule has 1 aromatic rings. The lowest BCUT2D eigenvalue weighted by Gasteiger charge is -2.17. The van der Waals surface area contributed by atoms with Gasteiger partial charge in [-0.3, -0.25) is 0 Å². The van der Waals surface area contributed by atoms with E-state index in [9.17, 15) is 4.79 Å². The fourth-order valence-electron chi connectivity index (χ4n) is 1.60. The number of hydrogen-bond acceptors (Lipinski definition) is 2. The highest BCUT2D eigenvalue weighted by Crippen LogP contribution is 2.08. The molecule has 0 amide bonds. The van der Waals surface area contributed by atoms with Crippen LogP contribution in [0.15, 0.2) is 60.7 Å². The second-order valence-corrected chi connectivity index (χ2v) is 5.91. The number of carbonyl (C=O) groups is 1. The Balaban J connectivity index is 2.42. The number of ether oxygens (including phenoxy) is 1. The van der Waals surface area contributed by atoms with Crippen molar-refractivity contribution in [1.82, 2.24) is 0 Å². The van der Waals surface area contributed by atoms with Crippen LogP contribution in [0.2, 0.25) is 0 Å². The molecule has 0 heterocycles. The first kappa shape index (κ1) is 17.0. The molecule has 0 aliphatic rings. The average molecular weight is 284 g/mol. The predicted molar refractivity (Wildman–Crippen MR) is 88.8 cm³/mol. The van der Waals surface area contributed by atoms with Gasteiger partial charge in [0.05, 0.1) is 0 Å². The van der Waals surface area contributed by atoms with E-state index in [2.05, 4.69) is 31.2 Å². The predicted octanol–water partition coefficient (Wildman–Crippen LogP) is 4.79. The van der Waals surface area contributed by atoms with Gasteiger partial charge < -0.3 is 4.74 Å². The van der Waals surface area contributed by atoms with E-state index in [-0.39, 0.29) is 5.97 Å². The van der Waals surface area contributed by atoms with Gasteiger partial charge in [-0.15, -0.1) is 0 Å². The second kappa shape index (κ2) is 8.25. The lowest BCUT2D eigenvalue weighted by Crippen LogP contribution is -2.22. The molecule has 0 saturated heterocycles. The van der Waals surface area contributed by atoms with Crippen molar-refractivity contribution < 1.29 is 9.53 Å². The van der Waals surface area contributed by atoms with Gasteiger partial charge in [-0.25, -0.2) is 4.79 Å². The molecule has 0 saturated carbocycles. The molecule has 0 aromatic heterocycles. The summed E-state index contributed by atoms with van der Waals surface area (Å²) in [4.78, 5) is 11.5. The fraction of sp³-hybridized carbons (Fsp3) is 0.316. The van der Waals surface area contributed by atoms with Crippen LogP contribution in [0.5, 0.6) is 0 Å². The van der Waals surface area contributed by atoms with E-state index in [1.165, 1.54) is 11.6 Å². The fourth-order valence-corrected chi connectivity index (χ4v) is 1.60. The topological polar surface area (TPSA) is 26.3 Å². The van der Waals surface area contributed by atoms with E-state index < -0.39 is 5.60 Å². The van der Waals surface area contributed by atoms with Crippen LogP contribution in [0.25, 0.3) is 6.08 Å². The van der Waals surface area contributed by atoms with Gasteiger partial charge >= 0.3 is 5.97 Å². The Bertz CT molecular complexity index is 516. The molecule has 1 aromatic carbocycles. The summed E-state index contributed by atoms with van der Waals surface area (Å²) in [5, 5.41) is 0. The maximum absolute atomic E-state index is 11.5. The maximum atomic E-state index is 11.5. The monoisotopic (exact) mass is 284 g/mol. The van der Waals surface area contributed by atoms with E-state index in [1.807, 2.05) is 51.1 Å². The Morgan fingerprint density at radius 2 is 1.76 bits per heavy atom. The zero-order valence-electron chi connectivity index (χ0n) is 13.2. The third-order valence-electron chi connectivity index (χ3n) is 2.56. The first-order chi connectivity index (χ1) is 9.87. The molecule has 2 nitrogen and oxygen atoms in total. The quantitative estimate of drug-likeness (QED) is 0.441. The van der Waals surface area contributed by atoms with Crippen LogP contribution in [0.1, 0.15) is 33.3 Å². The molecule has 0 spiro atoms. The molecule has 21 heavy (non-hydrogen) atoms. The zero-order chi connectivity index (χ0) is 15.7. The molecule has 0 N–H and O–H groups in total. The molecule has 0 bridgehead atoms. The van der Waals surface area contributed by atoms with Gasteiger partial charge in [0, 0.05) is 6.08 Å². The highest BCUT2D eigenvalue weighted by Gasteiger charge is 2.13. The van der Waals surface area contributed by atoms with Crippen LogP contribution in [-0.4, -0.2) is 11.6 Å². The van der Waals surface area contributed by atoms with E-state index in [0.29, 0.717) is 5.92 Å². The summed E-state index contributed by atoms with van der Waals surface area (Å²) < 4.78 is 5.18. The Morgan fingerprint density at radius 1 is 1.10 bits per heavy atom. The van der Waals surface area contributed by atoms with E-state index in [4.69, 9.17) is 4.74 Å². The number of rotatable bonds is 5. The summed E-state index contributed by atoms with van der Waals surface area (Å²) in [6.07, 6.45) is 11.3. The molecule has 2 heteroatoms. The van der Waals surface area contributed by atoms with E-state index in [1.54, 1.807) is 6.08 Å². The van der Waals surface area contributed by atoms with Crippen LogP contribution in [0, 0.1) is 5.92 Å². The third-order valence-corrected chi connectivity index (χ3v) is 2.56. The number of allylic oxidation sites excluding steroid dienone is 4. The average Bonchev–Trinajstić information content (AvgIpc) is 2.40. The van der Waals surface area contributed by atoms with Crippen molar-refractivity contribution in [2.75, 3.05) is 0 Å². The Morgan fingerprint density at radius 3 is 2.38 bits per heavy atom. The molecular weight excluding hydrogens is 260 g/mol. The van der Waals surface area contributed by atoms with Crippen LogP contribution in [0.4, 0.5) is 0 Å². The molecule has 0 aliphatic heterocycles. The van der Waals surface area contributed by atoms with Gasteiger partial charge in [0.15, 0.2) is 0 Å². The minimum absolute atomic E-state index is 0.300. The number of hydrogen-bond donors (Lipinski definition) is 0. The Hall–Kier alpha value is -2.09. The zero-order valence-corrected chi connectivity index (χ0v) is 13.2. The minimum atomic E-state index is -0.448. The van der Waals surface area contributed by atoms with Gasteiger partial charge in [0.25, 0.3) is 0 Å². The van der Waals surface area contributed by atoms with Crippen LogP contribution < -0.4 is 0 Å². The maximum Gasteiger partial charge on any atom is 0.331 e. The first-order valence-corrected chi connectivity index (χ1v) is 7.18. The SMILES string of the molecule is C[C@@H](/C=C/C=C/C(=O)OC(C)(C)C)/C=C/c1ccccc1. The number of benzene rings is 1. The van der Waals surface area contributed by atoms with Crippen molar-refractivity contribution in [1.29, 1.82) is 0 Å². The summed E-state index contributed by atoms with van der Waals surface area (Å²) in [7, 11) is 0. The van der Waals surface area contributed by atoms with Gasteiger partial charge in [-0.1, -0.05) is 67.6 Å². The van der Waals surface area contributed by atoms with Crippen molar-refractivity contribution in [2.45, 2.75) is 33.3 Å². The summed E-state index contributed by atoms with van der Waals surface area (Å²) in [6.45, 7) is 7.65. The van der Waals surface area contributed by atoms with Crippen molar-refractivity contribution >= 4 is 12.0 Å².